The summed E-state index contributed by atoms with van der Waals surface area (Å²) in [5, 5.41) is 6.01. The van der Waals surface area contributed by atoms with Crippen LogP contribution in [0.5, 0.6) is 0 Å². The van der Waals surface area contributed by atoms with Crippen LogP contribution in [0.15, 0.2) is 0 Å². The van der Waals surface area contributed by atoms with Crippen LogP contribution in [-0.4, -0.2) is 49.1 Å². The Kier molecular flexibility index (Phi) is 13.4. The van der Waals surface area contributed by atoms with Gasteiger partial charge in [-0.25, -0.2) is 4.79 Å². The molecule has 7 heteroatoms. The zero-order valence-corrected chi connectivity index (χ0v) is 17.4. The number of carbonyl (C=O) groups excluding carboxylic acids is 1. The Bertz CT molecular complexity index is 404. The van der Waals surface area contributed by atoms with Crippen molar-refractivity contribution in [1.82, 2.24) is 10.6 Å². The lowest BCUT2D eigenvalue weighted by Crippen LogP contribution is -2.35. The van der Waals surface area contributed by atoms with E-state index in [9.17, 15) is 4.79 Å². The molecule has 0 saturated carbocycles. The van der Waals surface area contributed by atoms with Crippen molar-refractivity contribution in [2.24, 2.45) is 5.92 Å². The molecule has 5 nitrogen and oxygen atoms in total. The van der Waals surface area contributed by atoms with E-state index in [2.05, 4.69) is 50.2 Å². The second kappa shape index (κ2) is 13.7. The lowest BCUT2D eigenvalue weighted by atomic mass is 10.2. The van der Waals surface area contributed by atoms with E-state index in [1.54, 1.807) is 21.6 Å². The highest BCUT2D eigenvalue weighted by Crippen LogP contribution is 2.35. The van der Waals surface area contributed by atoms with Gasteiger partial charge in [-0.3, -0.25) is 0 Å². The first-order valence-electron chi connectivity index (χ1n) is 8.23. The molecule has 0 radical (unpaired) electrons. The fourth-order valence-corrected chi connectivity index (χ4v) is 3.55. The highest BCUT2D eigenvalue weighted by molar-refractivity contribution is 8.77. The van der Waals surface area contributed by atoms with Crippen molar-refractivity contribution in [3.8, 4) is 11.8 Å². The normalized spacial score (nSPS) is 11.3. The number of hydrogen-bond donors (Lipinski definition) is 2. The Balaban J connectivity index is 3.54. The summed E-state index contributed by atoms with van der Waals surface area (Å²) in [6.45, 7) is 14.6. The number of ether oxygens (including phenoxy) is 2. The first-order chi connectivity index (χ1) is 11.2. The minimum Gasteiger partial charge on any atom is -0.447 e. The smallest absolute Gasteiger partial charge is 0.407 e. The van der Waals surface area contributed by atoms with Crippen molar-refractivity contribution in [2.45, 2.75) is 52.3 Å². The Morgan fingerprint density at radius 2 is 1.92 bits per heavy atom. The standard InChI is InChI=1S/C17H32N2O3S2/c1-14(2)8-7-9-18-16(20)22-11-10-21-13-23-24-17(5,6)12-19-15(3)4/h14-15,19H,9-13H2,1-6H3,(H,18,20). The zero-order valence-electron chi connectivity index (χ0n) is 15.7. The maximum absolute atomic E-state index is 11.4. The summed E-state index contributed by atoms with van der Waals surface area (Å²) in [5.74, 6) is 6.70. The number of rotatable bonds is 11. The molecule has 0 saturated heterocycles. The first-order valence-corrected chi connectivity index (χ1v) is 10.6. The molecule has 0 atom stereocenters. The second-order valence-corrected chi connectivity index (χ2v) is 9.44. The molecule has 0 aromatic carbocycles. The molecule has 1 amide bonds. The van der Waals surface area contributed by atoms with Crippen LogP contribution < -0.4 is 10.6 Å². The molecule has 0 spiro atoms. The Morgan fingerprint density at radius 1 is 1.21 bits per heavy atom. The lowest BCUT2D eigenvalue weighted by Gasteiger charge is -2.24. The minimum absolute atomic E-state index is 0.145. The predicted molar refractivity (Wildman–Crippen MR) is 105 cm³/mol. The summed E-state index contributed by atoms with van der Waals surface area (Å²) in [7, 11) is 3.47. The van der Waals surface area contributed by atoms with Crippen molar-refractivity contribution < 1.29 is 14.3 Å². The van der Waals surface area contributed by atoms with Gasteiger partial charge in [0.1, 0.15) is 12.5 Å². The van der Waals surface area contributed by atoms with Crippen LogP contribution in [0.1, 0.15) is 41.5 Å². The van der Waals surface area contributed by atoms with Crippen LogP contribution in [-0.2, 0) is 9.47 Å². The summed E-state index contributed by atoms with van der Waals surface area (Å²) >= 11 is 0. The fraction of sp³-hybridized carbons (Fsp3) is 0.824. The number of amides is 1. The van der Waals surface area contributed by atoms with Gasteiger partial charge >= 0.3 is 6.09 Å². The van der Waals surface area contributed by atoms with Crippen LogP contribution in [0.25, 0.3) is 0 Å². The number of nitrogens with one attached hydrogen (secondary N) is 2. The second-order valence-electron chi connectivity index (χ2n) is 6.49. The third-order valence-electron chi connectivity index (χ3n) is 2.52. The van der Waals surface area contributed by atoms with E-state index in [0.29, 0.717) is 31.1 Å². The first kappa shape index (κ1) is 23.4. The summed E-state index contributed by atoms with van der Waals surface area (Å²) in [6, 6.07) is 0.491. The molecular weight excluding hydrogens is 344 g/mol. The molecule has 0 aliphatic heterocycles. The van der Waals surface area contributed by atoms with Gasteiger partial charge in [0.25, 0.3) is 0 Å². The lowest BCUT2D eigenvalue weighted by molar-refractivity contribution is 0.0941. The van der Waals surface area contributed by atoms with E-state index in [0.717, 1.165) is 6.54 Å². The molecule has 0 aliphatic carbocycles. The van der Waals surface area contributed by atoms with Gasteiger partial charge in [0.15, 0.2) is 0 Å². The zero-order chi connectivity index (χ0) is 18.4. The Labute approximate surface area is 155 Å². The quantitative estimate of drug-likeness (QED) is 0.249. The third-order valence-corrected chi connectivity index (χ3v) is 5.50. The molecule has 140 valence electrons. The van der Waals surface area contributed by atoms with Gasteiger partial charge < -0.3 is 20.1 Å². The molecule has 0 aromatic heterocycles. The van der Waals surface area contributed by atoms with Crippen molar-refractivity contribution in [2.75, 3.05) is 32.2 Å². The summed E-state index contributed by atoms with van der Waals surface area (Å²) in [4.78, 5) is 11.4. The van der Waals surface area contributed by atoms with E-state index in [4.69, 9.17) is 9.47 Å². The average Bonchev–Trinajstić information content (AvgIpc) is 2.48. The number of alkyl carbamates (subject to hydrolysis) is 1. The largest absolute Gasteiger partial charge is 0.447 e. The summed E-state index contributed by atoms with van der Waals surface area (Å²) in [5.41, 5.74) is 0. The molecule has 0 rings (SSSR count). The van der Waals surface area contributed by atoms with Crippen molar-refractivity contribution >= 4 is 27.7 Å². The van der Waals surface area contributed by atoms with Crippen LogP contribution >= 0.6 is 21.6 Å². The van der Waals surface area contributed by atoms with Gasteiger partial charge in [-0.15, -0.1) is 0 Å². The maximum atomic E-state index is 11.4. The van der Waals surface area contributed by atoms with E-state index in [1.807, 2.05) is 13.8 Å². The molecule has 0 heterocycles. The van der Waals surface area contributed by atoms with Gasteiger partial charge in [-0.05, 0) is 13.8 Å². The van der Waals surface area contributed by atoms with Crippen molar-refractivity contribution in [3.63, 3.8) is 0 Å². The van der Waals surface area contributed by atoms with Gasteiger partial charge in [0.05, 0.1) is 13.2 Å². The molecule has 0 fully saturated rings. The molecule has 0 aliphatic rings. The molecule has 24 heavy (non-hydrogen) atoms. The summed E-state index contributed by atoms with van der Waals surface area (Å²) in [6.07, 6.45) is -0.459. The van der Waals surface area contributed by atoms with Crippen molar-refractivity contribution in [3.05, 3.63) is 0 Å². The van der Waals surface area contributed by atoms with Crippen LogP contribution in [0.3, 0.4) is 0 Å². The van der Waals surface area contributed by atoms with Crippen molar-refractivity contribution in [1.29, 1.82) is 0 Å². The van der Waals surface area contributed by atoms with Crippen LogP contribution in [0.4, 0.5) is 4.79 Å². The van der Waals surface area contributed by atoms with Crippen LogP contribution in [0.2, 0.25) is 0 Å². The maximum Gasteiger partial charge on any atom is 0.407 e. The molecule has 0 unspecified atom stereocenters. The van der Waals surface area contributed by atoms with E-state index in [-0.39, 0.29) is 11.4 Å². The molecular formula is C17H32N2O3S2. The Morgan fingerprint density at radius 3 is 2.54 bits per heavy atom. The van der Waals surface area contributed by atoms with Gasteiger partial charge in [-0.1, -0.05) is 61.1 Å². The fourth-order valence-electron chi connectivity index (χ4n) is 1.37. The Hall–Kier alpha value is -0.550. The highest BCUT2D eigenvalue weighted by Gasteiger charge is 2.18. The van der Waals surface area contributed by atoms with Gasteiger partial charge in [-0.2, -0.15) is 0 Å². The molecule has 2 N–H and O–H groups in total. The SMILES string of the molecule is CC(C)C#CCNC(=O)OCCOCSSC(C)(C)CNC(C)C. The minimum atomic E-state index is -0.459. The van der Waals surface area contributed by atoms with Gasteiger partial charge in [0.2, 0.25) is 0 Å². The summed E-state index contributed by atoms with van der Waals surface area (Å²) < 4.78 is 10.6. The number of hydrogen-bond acceptors (Lipinski definition) is 6. The number of carbonyl (C=O) groups is 1. The van der Waals surface area contributed by atoms with Crippen LogP contribution in [0, 0.1) is 17.8 Å². The highest BCUT2D eigenvalue weighted by atomic mass is 33.1. The van der Waals surface area contributed by atoms with E-state index in [1.165, 1.54) is 0 Å². The third kappa shape index (κ3) is 16.3. The predicted octanol–water partition coefficient (Wildman–Crippen LogP) is 3.50. The molecule has 0 bridgehead atoms. The van der Waals surface area contributed by atoms with E-state index < -0.39 is 6.09 Å². The topological polar surface area (TPSA) is 59.6 Å². The van der Waals surface area contributed by atoms with Gasteiger partial charge in [0, 0.05) is 23.3 Å². The molecule has 0 aromatic rings. The monoisotopic (exact) mass is 376 g/mol. The average molecular weight is 377 g/mol. The van der Waals surface area contributed by atoms with E-state index >= 15 is 0 Å².